The van der Waals surface area contributed by atoms with Crippen molar-refractivity contribution in [3.05, 3.63) is 54.7 Å². The van der Waals surface area contributed by atoms with Crippen LogP contribution in [0.4, 0.5) is 0 Å². The van der Waals surface area contributed by atoms with Gasteiger partial charge in [0, 0.05) is 17.7 Å². The fourth-order valence-corrected chi connectivity index (χ4v) is 5.97. The smallest absolute Gasteiger partial charge is 0.223 e. The number of hydrogen-bond acceptors (Lipinski definition) is 6. The van der Waals surface area contributed by atoms with Crippen molar-refractivity contribution >= 4 is 22.6 Å². The van der Waals surface area contributed by atoms with Crippen LogP contribution < -0.4 is 5.32 Å². The molecule has 7 atom stereocenters. The highest BCUT2D eigenvalue weighted by atomic mass is 16.6. The molecule has 0 aliphatic carbocycles. The number of benzene rings is 1. The maximum Gasteiger partial charge on any atom is 0.223 e. The summed E-state index contributed by atoms with van der Waals surface area (Å²) in [7, 11) is 0. The highest BCUT2D eigenvalue weighted by Crippen LogP contribution is 2.46. The molecule has 3 heterocycles. The van der Waals surface area contributed by atoms with Gasteiger partial charge in [-0.05, 0) is 50.7 Å². The highest BCUT2D eigenvalue weighted by Gasteiger charge is 2.52. The molecule has 212 valence electrons. The molecule has 1 aromatic heterocycles. The largest absolute Gasteiger partial charge is 0.392 e. The minimum Gasteiger partial charge on any atom is -0.392 e. The lowest BCUT2D eigenvalue weighted by molar-refractivity contribution is -0.144. The van der Waals surface area contributed by atoms with Gasteiger partial charge in [-0.15, -0.1) is 6.58 Å². The predicted molar refractivity (Wildman–Crippen MR) is 152 cm³/mol. The van der Waals surface area contributed by atoms with Crippen LogP contribution in [0.5, 0.6) is 0 Å². The van der Waals surface area contributed by atoms with Crippen LogP contribution in [0.15, 0.2) is 49.1 Å². The van der Waals surface area contributed by atoms with E-state index in [9.17, 15) is 19.8 Å². The van der Waals surface area contributed by atoms with Crippen LogP contribution in [-0.2, 0) is 14.3 Å². The molecule has 2 aliphatic rings. The van der Waals surface area contributed by atoms with E-state index >= 15 is 0 Å². The summed E-state index contributed by atoms with van der Waals surface area (Å²) in [5.41, 5.74) is 0.0737. The molecule has 0 saturated carbocycles. The minimum absolute atomic E-state index is 0.0347. The van der Waals surface area contributed by atoms with Gasteiger partial charge in [-0.2, -0.15) is 0 Å². The molecule has 2 aliphatic heterocycles. The van der Waals surface area contributed by atoms with Crippen LogP contribution >= 0.6 is 0 Å². The molecular formula is C32H44N2O5. The Morgan fingerprint density at radius 1 is 1.15 bits per heavy atom. The predicted octanol–water partition coefficient (Wildman–Crippen LogP) is 5.05. The van der Waals surface area contributed by atoms with Crippen molar-refractivity contribution in [2.75, 3.05) is 0 Å². The Balaban J connectivity index is 1.63. The van der Waals surface area contributed by atoms with Crippen molar-refractivity contribution in [1.82, 2.24) is 10.3 Å². The molecule has 2 fully saturated rings. The van der Waals surface area contributed by atoms with Crippen molar-refractivity contribution in [3.8, 4) is 0 Å². The number of allylic oxidation sites excluding steroid dienone is 1. The van der Waals surface area contributed by atoms with Gasteiger partial charge in [0.25, 0.3) is 0 Å². The lowest BCUT2D eigenvalue weighted by Crippen LogP contribution is -2.47. The van der Waals surface area contributed by atoms with Crippen LogP contribution in [-0.4, -0.2) is 50.8 Å². The fourth-order valence-electron chi connectivity index (χ4n) is 5.97. The van der Waals surface area contributed by atoms with E-state index in [-0.39, 0.29) is 35.7 Å². The number of ketones is 1. The summed E-state index contributed by atoms with van der Waals surface area (Å²) in [5, 5.41) is 26.5. The summed E-state index contributed by atoms with van der Waals surface area (Å²) in [5.74, 6) is -1.31. The molecule has 4 rings (SSSR count). The molecule has 7 nitrogen and oxygen atoms in total. The third kappa shape index (κ3) is 6.59. The van der Waals surface area contributed by atoms with E-state index in [0.717, 1.165) is 35.9 Å². The summed E-state index contributed by atoms with van der Waals surface area (Å²) in [6.45, 7) is 11.2. The first-order chi connectivity index (χ1) is 18.5. The second-order valence-corrected chi connectivity index (χ2v) is 12.3. The van der Waals surface area contributed by atoms with Crippen molar-refractivity contribution in [2.45, 2.75) is 103 Å². The van der Waals surface area contributed by atoms with Crippen molar-refractivity contribution in [1.29, 1.82) is 0 Å². The number of aliphatic hydroxyl groups excluding tert-OH is 2. The Labute approximate surface area is 232 Å². The maximum atomic E-state index is 13.7. The quantitative estimate of drug-likeness (QED) is 0.372. The van der Waals surface area contributed by atoms with Gasteiger partial charge < -0.3 is 20.3 Å². The Morgan fingerprint density at radius 3 is 2.64 bits per heavy atom. The maximum absolute atomic E-state index is 13.7. The van der Waals surface area contributed by atoms with Crippen molar-refractivity contribution in [2.24, 2.45) is 17.3 Å². The first-order valence-electron chi connectivity index (χ1n) is 14.3. The van der Waals surface area contributed by atoms with Gasteiger partial charge in [0.1, 0.15) is 5.78 Å². The van der Waals surface area contributed by atoms with Gasteiger partial charge in [-0.1, -0.05) is 57.5 Å². The Kier molecular flexibility index (Phi) is 8.94. The number of rotatable bonds is 4. The Morgan fingerprint density at radius 2 is 1.90 bits per heavy atom. The number of pyridine rings is 1. The van der Waals surface area contributed by atoms with E-state index in [4.69, 9.17) is 9.72 Å². The van der Waals surface area contributed by atoms with Crippen LogP contribution in [0.1, 0.15) is 84.4 Å². The number of para-hydroxylation sites is 1. The fraction of sp³-hybridized carbons (Fsp3) is 0.594. The van der Waals surface area contributed by atoms with E-state index in [1.807, 2.05) is 43.3 Å². The number of hydrogen-bond donors (Lipinski definition) is 3. The second kappa shape index (κ2) is 11.9. The summed E-state index contributed by atoms with van der Waals surface area (Å²) < 4.78 is 6.16. The van der Waals surface area contributed by atoms with Gasteiger partial charge in [0.15, 0.2) is 0 Å². The number of fused-ring (bicyclic) bond motifs is 2. The number of epoxide rings is 1. The number of aromatic nitrogens is 1. The Hall–Kier alpha value is -2.61. The van der Waals surface area contributed by atoms with Crippen molar-refractivity contribution in [3.63, 3.8) is 0 Å². The van der Waals surface area contributed by atoms with Crippen LogP contribution in [0, 0.1) is 17.3 Å². The number of nitrogens with one attached hydrogen (secondary N) is 1. The topological polar surface area (TPSA) is 112 Å². The van der Waals surface area contributed by atoms with Crippen LogP contribution in [0.25, 0.3) is 10.9 Å². The molecule has 39 heavy (non-hydrogen) atoms. The number of aliphatic hydroxyl groups is 2. The molecule has 0 bridgehead atoms. The van der Waals surface area contributed by atoms with E-state index < -0.39 is 29.6 Å². The molecule has 0 radical (unpaired) electrons. The zero-order valence-corrected chi connectivity index (χ0v) is 23.7. The average molecular weight is 537 g/mol. The lowest BCUT2D eigenvalue weighted by atomic mass is 9.71. The molecule has 7 heteroatoms. The SMILES string of the molecule is C=CCC[C@H]1C(=O)C(C)(C)[C@@H](O)CC(=O)N[C@H](c2ccc3ccccc3n2)CC2OC2(C)CCC[C@H](C)[C@H]1O. The highest BCUT2D eigenvalue weighted by molar-refractivity contribution is 5.88. The molecule has 2 unspecified atom stereocenters. The number of amides is 1. The summed E-state index contributed by atoms with van der Waals surface area (Å²) in [6, 6.07) is 11.4. The summed E-state index contributed by atoms with van der Waals surface area (Å²) in [4.78, 5) is 31.9. The first-order valence-corrected chi connectivity index (χ1v) is 14.3. The molecule has 1 aromatic carbocycles. The van der Waals surface area contributed by atoms with Crippen molar-refractivity contribution < 1.29 is 24.5 Å². The molecule has 2 aromatic rings. The number of carbonyl (C=O) groups is 2. The number of ether oxygens (including phenoxy) is 1. The van der Waals surface area contributed by atoms with E-state index in [2.05, 4.69) is 18.8 Å². The number of carbonyl (C=O) groups excluding carboxylic acids is 2. The van der Waals surface area contributed by atoms with E-state index in [1.165, 1.54) is 0 Å². The third-order valence-electron chi connectivity index (χ3n) is 8.99. The van der Waals surface area contributed by atoms with Crippen LogP contribution in [0.2, 0.25) is 0 Å². The normalized spacial score (nSPS) is 34.2. The standard InChI is InChI=1S/C32H44N2O5/c1-6-7-13-22-29(37)20(2)11-10-17-32(5)27(39-32)18-25(24-16-15-21-12-8-9-14-23(21)33-24)34-28(36)19-26(35)31(3,4)30(22)38/h6,8-9,12,14-16,20,22,25-27,29,35,37H,1,7,10-11,13,17-19H2,2-5H3,(H,34,36)/t20-,22+,25-,26-,27?,29+,32?/m0/s1. The third-order valence-corrected chi connectivity index (χ3v) is 8.99. The van der Waals surface area contributed by atoms with Gasteiger partial charge in [0.2, 0.25) is 5.91 Å². The monoisotopic (exact) mass is 536 g/mol. The second-order valence-electron chi connectivity index (χ2n) is 12.3. The minimum atomic E-state index is -1.21. The molecule has 0 spiro atoms. The van der Waals surface area contributed by atoms with Gasteiger partial charge in [-0.3, -0.25) is 14.6 Å². The van der Waals surface area contributed by atoms with Gasteiger partial charge in [-0.25, -0.2) is 0 Å². The number of nitrogens with zero attached hydrogens (tertiary/aromatic N) is 1. The zero-order valence-electron chi connectivity index (χ0n) is 23.7. The molecule has 3 N–H and O–H groups in total. The van der Waals surface area contributed by atoms with E-state index in [0.29, 0.717) is 19.3 Å². The van der Waals surface area contributed by atoms with Gasteiger partial charge >= 0.3 is 0 Å². The lowest BCUT2D eigenvalue weighted by Gasteiger charge is -2.36. The zero-order chi connectivity index (χ0) is 28.4. The average Bonchev–Trinajstić information content (AvgIpc) is 3.55. The molecule has 1 amide bonds. The summed E-state index contributed by atoms with van der Waals surface area (Å²) >= 11 is 0. The molecule has 2 saturated heterocycles. The molecular weight excluding hydrogens is 492 g/mol. The van der Waals surface area contributed by atoms with Crippen LogP contribution in [0.3, 0.4) is 0 Å². The summed E-state index contributed by atoms with van der Waals surface area (Å²) in [6.07, 6.45) is 3.48. The Bertz CT molecular complexity index is 1200. The first kappa shape index (κ1) is 29.4. The van der Waals surface area contributed by atoms with E-state index in [1.54, 1.807) is 19.9 Å². The number of Topliss-reactive ketones (excluding diaryl/α,β-unsaturated/α-hetero) is 1. The van der Waals surface area contributed by atoms with Gasteiger partial charge in [0.05, 0.1) is 53.0 Å².